The standard InChI is InChI=1S/C22H19FN6O/c23-16-4-1-14(2-5-16)17-11-18(28-22-20(17)21(24)26-13-27-22)15-3-6-19(25-12-15)29-7-9-30-10-8-29/h1-6,11-13H,7-10H2,(H2,24,26,27,28). The normalized spacial score (nSPS) is 14.2. The van der Waals surface area contributed by atoms with Gasteiger partial charge in [-0.15, -0.1) is 0 Å². The number of benzene rings is 1. The third-order valence-corrected chi connectivity index (χ3v) is 5.17. The maximum absolute atomic E-state index is 13.4. The van der Waals surface area contributed by atoms with Crippen LogP contribution in [0, 0.1) is 5.82 Å². The number of nitrogens with two attached hydrogens (primary N) is 1. The number of halogens is 1. The summed E-state index contributed by atoms with van der Waals surface area (Å²) in [6.07, 6.45) is 3.20. The number of nitrogens with zero attached hydrogens (tertiary/aromatic N) is 5. The minimum atomic E-state index is -0.301. The maximum Gasteiger partial charge on any atom is 0.165 e. The predicted molar refractivity (Wildman–Crippen MR) is 113 cm³/mol. The number of nitrogen functional groups attached to an aromatic ring is 1. The number of pyridine rings is 2. The molecule has 0 atom stereocenters. The summed E-state index contributed by atoms with van der Waals surface area (Å²) < 4.78 is 18.9. The summed E-state index contributed by atoms with van der Waals surface area (Å²) in [4.78, 5) is 19.9. The predicted octanol–water partition coefficient (Wildman–Crippen LogP) is 3.31. The van der Waals surface area contributed by atoms with Gasteiger partial charge in [0.2, 0.25) is 0 Å². The van der Waals surface area contributed by atoms with Gasteiger partial charge in [-0.1, -0.05) is 12.1 Å². The van der Waals surface area contributed by atoms with Crippen LogP contribution in [-0.4, -0.2) is 46.2 Å². The number of hydrogen-bond donors (Lipinski definition) is 1. The summed E-state index contributed by atoms with van der Waals surface area (Å²) >= 11 is 0. The number of fused-ring (bicyclic) bond motifs is 1. The van der Waals surface area contributed by atoms with E-state index in [9.17, 15) is 4.39 Å². The molecule has 4 heterocycles. The third kappa shape index (κ3) is 3.42. The zero-order valence-corrected chi connectivity index (χ0v) is 16.1. The molecule has 4 aromatic rings. The topological polar surface area (TPSA) is 90.0 Å². The Morgan fingerprint density at radius 2 is 1.70 bits per heavy atom. The lowest BCUT2D eigenvalue weighted by Crippen LogP contribution is -2.36. The Morgan fingerprint density at radius 3 is 2.43 bits per heavy atom. The highest BCUT2D eigenvalue weighted by Gasteiger charge is 2.16. The second-order valence-corrected chi connectivity index (χ2v) is 7.02. The summed E-state index contributed by atoms with van der Waals surface area (Å²) in [5, 5.41) is 0.644. The van der Waals surface area contributed by atoms with Gasteiger partial charge in [0.15, 0.2) is 5.65 Å². The van der Waals surface area contributed by atoms with E-state index < -0.39 is 0 Å². The average Bonchev–Trinajstić information content (AvgIpc) is 2.80. The number of rotatable bonds is 3. The van der Waals surface area contributed by atoms with Crippen molar-refractivity contribution in [3.63, 3.8) is 0 Å². The molecule has 8 heteroatoms. The molecule has 0 bridgehead atoms. The van der Waals surface area contributed by atoms with E-state index in [0.29, 0.717) is 35.8 Å². The van der Waals surface area contributed by atoms with Crippen molar-refractivity contribution in [3.05, 3.63) is 60.8 Å². The molecule has 1 saturated heterocycles. The molecule has 2 N–H and O–H groups in total. The van der Waals surface area contributed by atoms with Crippen molar-refractivity contribution in [3.8, 4) is 22.4 Å². The first-order valence-corrected chi connectivity index (χ1v) is 9.65. The molecule has 30 heavy (non-hydrogen) atoms. The van der Waals surface area contributed by atoms with Gasteiger partial charge in [0.05, 0.1) is 24.3 Å². The van der Waals surface area contributed by atoms with Crippen LogP contribution in [-0.2, 0) is 4.74 Å². The quantitative estimate of drug-likeness (QED) is 0.562. The summed E-state index contributed by atoms with van der Waals surface area (Å²) in [5.41, 5.74) is 9.78. The van der Waals surface area contributed by atoms with E-state index in [0.717, 1.165) is 35.6 Å². The van der Waals surface area contributed by atoms with Crippen molar-refractivity contribution in [2.45, 2.75) is 0 Å². The van der Waals surface area contributed by atoms with Crippen molar-refractivity contribution in [2.75, 3.05) is 36.9 Å². The smallest absolute Gasteiger partial charge is 0.165 e. The molecular weight excluding hydrogens is 383 g/mol. The second kappa shape index (κ2) is 7.64. The molecular formula is C22H19FN6O. The summed E-state index contributed by atoms with van der Waals surface area (Å²) in [6.45, 7) is 3.06. The second-order valence-electron chi connectivity index (χ2n) is 7.02. The van der Waals surface area contributed by atoms with Gasteiger partial charge in [0.25, 0.3) is 0 Å². The van der Waals surface area contributed by atoms with Gasteiger partial charge in [-0.05, 0) is 41.5 Å². The molecule has 150 valence electrons. The molecule has 1 fully saturated rings. The van der Waals surface area contributed by atoms with Gasteiger partial charge in [-0.2, -0.15) is 0 Å². The Morgan fingerprint density at radius 1 is 0.933 bits per heavy atom. The van der Waals surface area contributed by atoms with Crippen LogP contribution in [0.3, 0.4) is 0 Å². The van der Waals surface area contributed by atoms with Gasteiger partial charge in [-0.3, -0.25) is 0 Å². The van der Waals surface area contributed by atoms with Crippen LogP contribution in [0.4, 0.5) is 16.0 Å². The number of aromatic nitrogens is 4. The highest BCUT2D eigenvalue weighted by Crippen LogP contribution is 2.33. The first-order valence-electron chi connectivity index (χ1n) is 9.65. The highest BCUT2D eigenvalue weighted by molar-refractivity contribution is 6.00. The van der Waals surface area contributed by atoms with Crippen molar-refractivity contribution >= 4 is 22.7 Å². The van der Waals surface area contributed by atoms with E-state index in [1.165, 1.54) is 18.5 Å². The van der Waals surface area contributed by atoms with Gasteiger partial charge < -0.3 is 15.4 Å². The fraction of sp³-hybridized carbons (Fsp3) is 0.182. The number of morpholine rings is 1. The van der Waals surface area contributed by atoms with Gasteiger partial charge in [-0.25, -0.2) is 24.3 Å². The Kier molecular flexibility index (Phi) is 4.68. The number of ether oxygens (including phenoxy) is 1. The van der Waals surface area contributed by atoms with Crippen molar-refractivity contribution < 1.29 is 9.13 Å². The van der Waals surface area contributed by atoms with Crippen molar-refractivity contribution in [1.82, 2.24) is 19.9 Å². The third-order valence-electron chi connectivity index (χ3n) is 5.17. The van der Waals surface area contributed by atoms with E-state index in [1.807, 2.05) is 18.2 Å². The molecule has 0 amide bonds. The monoisotopic (exact) mass is 402 g/mol. The molecule has 1 aliphatic rings. The van der Waals surface area contributed by atoms with E-state index >= 15 is 0 Å². The van der Waals surface area contributed by atoms with Gasteiger partial charge in [0.1, 0.15) is 23.8 Å². The molecule has 0 unspecified atom stereocenters. The van der Waals surface area contributed by atoms with Crippen LogP contribution in [0.2, 0.25) is 0 Å². The fourth-order valence-corrected chi connectivity index (χ4v) is 3.61. The van der Waals surface area contributed by atoms with Crippen LogP contribution in [0.5, 0.6) is 0 Å². The van der Waals surface area contributed by atoms with Crippen LogP contribution in [0.1, 0.15) is 0 Å². The largest absolute Gasteiger partial charge is 0.383 e. The minimum Gasteiger partial charge on any atom is -0.383 e. The molecule has 0 aliphatic carbocycles. The van der Waals surface area contributed by atoms with Crippen molar-refractivity contribution in [1.29, 1.82) is 0 Å². The Hall–Kier alpha value is -3.65. The Labute approximate surface area is 172 Å². The molecule has 1 aromatic carbocycles. The molecule has 0 spiro atoms. The van der Waals surface area contributed by atoms with E-state index in [4.69, 9.17) is 10.5 Å². The lowest BCUT2D eigenvalue weighted by atomic mass is 10.0. The van der Waals surface area contributed by atoms with E-state index in [1.54, 1.807) is 18.3 Å². The lowest BCUT2D eigenvalue weighted by Gasteiger charge is -2.27. The minimum absolute atomic E-state index is 0.301. The number of hydrogen-bond acceptors (Lipinski definition) is 7. The molecule has 0 radical (unpaired) electrons. The van der Waals surface area contributed by atoms with Crippen LogP contribution >= 0.6 is 0 Å². The summed E-state index contributed by atoms with van der Waals surface area (Å²) in [6, 6.07) is 12.1. The van der Waals surface area contributed by atoms with Crippen LogP contribution in [0.25, 0.3) is 33.4 Å². The molecule has 5 rings (SSSR count). The van der Waals surface area contributed by atoms with Gasteiger partial charge in [0, 0.05) is 24.8 Å². The molecule has 0 saturated carbocycles. The number of anilines is 2. The molecule has 3 aromatic heterocycles. The first kappa shape index (κ1) is 18.4. The molecule has 7 nitrogen and oxygen atoms in total. The SMILES string of the molecule is Nc1ncnc2nc(-c3ccc(N4CCOCC4)nc3)cc(-c3ccc(F)cc3)c12. The van der Waals surface area contributed by atoms with E-state index in [2.05, 4.69) is 24.8 Å². The molecule has 1 aliphatic heterocycles. The Bertz CT molecular complexity index is 1190. The maximum atomic E-state index is 13.4. The highest BCUT2D eigenvalue weighted by atomic mass is 19.1. The summed E-state index contributed by atoms with van der Waals surface area (Å²) in [5.74, 6) is 0.941. The Balaban J connectivity index is 1.60. The lowest BCUT2D eigenvalue weighted by molar-refractivity contribution is 0.122. The average molecular weight is 402 g/mol. The van der Waals surface area contributed by atoms with Crippen LogP contribution in [0.15, 0.2) is 55.0 Å². The van der Waals surface area contributed by atoms with Crippen LogP contribution < -0.4 is 10.6 Å². The zero-order valence-electron chi connectivity index (χ0n) is 16.1. The van der Waals surface area contributed by atoms with Crippen molar-refractivity contribution in [2.24, 2.45) is 0 Å². The summed E-state index contributed by atoms with van der Waals surface area (Å²) in [7, 11) is 0. The van der Waals surface area contributed by atoms with Gasteiger partial charge >= 0.3 is 0 Å². The first-order chi connectivity index (χ1) is 14.7. The fourth-order valence-electron chi connectivity index (χ4n) is 3.61. The zero-order chi connectivity index (χ0) is 20.5. The van der Waals surface area contributed by atoms with E-state index in [-0.39, 0.29) is 5.82 Å².